The van der Waals surface area contributed by atoms with Crippen LogP contribution in [0.3, 0.4) is 0 Å². The summed E-state index contributed by atoms with van der Waals surface area (Å²) in [6.07, 6.45) is 1.19. The molecule has 5 rings (SSSR count). The van der Waals surface area contributed by atoms with Crippen LogP contribution in [-0.4, -0.2) is 46.6 Å². The van der Waals surface area contributed by atoms with E-state index in [0.29, 0.717) is 18.7 Å². The van der Waals surface area contributed by atoms with E-state index in [0.717, 1.165) is 22.8 Å². The van der Waals surface area contributed by atoms with Crippen LogP contribution in [0.2, 0.25) is 0 Å². The molecule has 6 nitrogen and oxygen atoms in total. The van der Waals surface area contributed by atoms with Gasteiger partial charge in [-0.1, -0.05) is 68.4 Å². The fourth-order valence-corrected chi connectivity index (χ4v) is 5.40. The van der Waals surface area contributed by atoms with Gasteiger partial charge in [0.15, 0.2) is 0 Å². The number of piperidine rings is 1. The Morgan fingerprint density at radius 1 is 1.09 bits per heavy atom. The number of nitrogens with zero attached hydrogens (tertiary/aromatic N) is 2. The normalized spacial score (nSPS) is 23.6. The standard InChI is InChI=1S/C27H27N3O3/c1-27(2)20-15-30(26(33)22-13-12-18-10-6-7-11-21(18)29-22)24(23(20)27)25(32)28-19(16-31)14-17-8-4-3-5-9-17/h3-13,16,19-20,23-24H,14-15H2,1-2H3,(H,28,32)/t19?,20-,23-,24?/m0/s1. The molecule has 1 saturated heterocycles. The molecule has 2 heterocycles. The first-order valence-corrected chi connectivity index (χ1v) is 11.4. The Balaban J connectivity index is 1.38. The molecule has 0 radical (unpaired) electrons. The second-order valence-corrected chi connectivity index (χ2v) is 9.69. The van der Waals surface area contributed by atoms with Crippen molar-refractivity contribution < 1.29 is 14.4 Å². The number of fused-ring (bicyclic) bond motifs is 2. The maximum Gasteiger partial charge on any atom is 0.273 e. The lowest BCUT2D eigenvalue weighted by Gasteiger charge is -2.30. The lowest BCUT2D eigenvalue weighted by atomic mass is 9.99. The number of benzene rings is 2. The average molecular weight is 442 g/mol. The molecule has 1 aliphatic heterocycles. The molecule has 1 aliphatic carbocycles. The van der Waals surface area contributed by atoms with E-state index in [1.54, 1.807) is 11.0 Å². The van der Waals surface area contributed by atoms with Crippen molar-refractivity contribution in [2.24, 2.45) is 17.3 Å². The Morgan fingerprint density at radius 3 is 2.58 bits per heavy atom. The van der Waals surface area contributed by atoms with Gasteiger partial charge in [0.2, 0.25) is 5.91 Å². The molecule has 2 fully saturated rings. The zero-order valence-corrected chi connectivity index (χ0v) is 18.8. The van der Waals surface area contributed by atoms with Crippen molar-refractivity contribution >= 4 is 29.0 Å². The van der Waals surface area contributed by atoms with Gasteiger partial charge in [-0.05, 0) is 41.4 Å². The number of pyridine rings is 1. The van der Waals surface area contributed by atoms with Crippen molar-refractivity contribution in [2.75, 3.05) is 6.54 Å². The minimum atomic E-state index is -0.642. The number of aldehydes is 1. The van der Waals surface area contributed by atoms with Crippen LogP contribution in [0.15, 0.2) is 66.7 Å². The van der Waals surface area contributed by atoms with Crippen LogP contribution in [0.25, 0.3) is 10.9 Å². The second kappa shape index (κ2) is 8.10. The molecule has 2 aliphatic rings. The molecule has 33 heavy (non-hydrogen) atoms. The Bertz CT molecular complexity index is 1220. The van der Waals surface area contributed by atoms with Crippen molar-refractivity contribution in [3.05, 3.63) is 78.0 Å². The van der Waals surface area contributed by atoms with Crippen molar-refractivity contribution in [3.8, 4) is 0 Å². The quantitative estimate of drug-likeness (QED) is 0.596. The highest BCUT2D eigenvalue weighted by Gasteiger charge is 2.69. The molecule has 2 amide bonds. The molecule has 1 aromatic heterocycles. The molecule has 1 saturated carbocycles. The van der Waals surface area contributed by atoms with Crippen molar-refractivity contribution in [1.82, 2.24) is 15.2 Å². The van der Waals surface area contributed by atoms with Gasteiger partial charge in [0.05, 0.1) is 11.6 Å². The van der Waals surface area contributed by atoms with Crippen LogP contribution in [0.4, 0.5) is 0 Å². The van der Waals surface area contributed by atoms with Gasteiger partial charge in [-0.25, -0.2) is 4.98 Å². The topological polar surface area (TPSA) is 79.4 Å². The molecule has 168 valence electrons. The third kappa shape index (κ3) is 3.80. The van der Waals surface area contributed by atoms with Gasteiger partial charge in [-0.2, -0.15) is 0 Å². The van der Waals surface area contributed by atoms with Crippen LogP contribution in [0.5, 0.6) is 0 Å². The molecule has 3 aromatic rings. The SMILES string of the molecule is CC1(C)[C@@H]2C(C(=O)NC(C=O)Cc3ccccc3)N(C(=O)c3ccc4ccccc4n3)C[C@@H]21. The fraction of sp³-hybridized carbons (Fsp3) is 0.333. The Hall–Kier alpha value is -3.54. The minimum absolute atomic E-state index is 0.00823. The lowest BCUT2D eigenvalue weighted by molar-refractivity contribution is -0.128. The lowest BCUT2D eigenvalue weighted by Crippen LogP contribution is -2.52. The molecule has 1 N–H and O–H groups in total. The minimum Gasteiger partial charge on any atom is -0.344 e. The molecule has 2 unspecified atom stereocenters. The number of para-hydroxylation sites is 1. The second-order valence-electron chi connectivity index (χ2n) is 9.69. The summed E-state index contributed by atoms with van der Waals surface area (Å²) in [5, 5.41) is 3.86. The number of hydrogen-bond donors (Lipinski definition) is 1. The van der Waals surface area contributed by atoms with Crippen LogP contribution >= 0.6 is 0 Å². The summed E-state index contributed by atoms with van der Waals surface area (Å²) < 4.78 is 0. The van der Waals surface area contributed by atoms with E-state index in [1.807, 2.05) is 60.7 Å². The number of nitrogens with one attached hydrogen (secondary N) is 1. The molecule has 0 bridgehead atoms. The van der Waals surface area contributed by atoms with E-state index in [9.17, 15) is 14.4 Å². The van der Waals surface area contributed by atoms with Crippen LogP contribution in [-0.2, 0) is 16.0 Å². The summed E-state index contributed by atoms with van der Waals surface area (Å²) in [6.45, 7) is 4.80. The van der Waals surface area contributed by atoms with E-state index in [2.05, 4.69) is 24.1 Å². The highest BCUT2D eigenvalue weighted by atomic mass is 16.2. The summed E-state index contributed by atoms with van der Waals surface area (Å²) in [4.78, 5) is 44.8. The van der Waals surface area contributed by atoms with Gasteiger partial charge < -0.3 is 15.0 Å². The summed E-state index contributed by atoms with van der Waals surface area (Å²) in [7, 11) is 0. The maximum absolute atomic E-state index is 13.4. The zero-order valence-electron chi connectivity index (χ0n) is 18.8. The molecule has 0 spiro atoms. The summed E-state index contributed by atoms with van der Waals surface area (Å²) in [6, 6.07) is 19.6. The highest BCUT2D eigenvalue weighted by Crippen LogP contribution is 2.65. The predicted octanol–water partition coefficient (Wildman–Crippen LogP) is 3.26. The monoisotopic (exact) mass is 441 g/mol. The summed E-state index contributed by atoms with van der Waals surface area (Å²) in [5.74, 6) is -0.169. The summed E-state index contributed by atoms with van der Waals surface area (Å²) >= 11 is 0. The van der Waals surface area contributed by atoms with E-state index >= 15 is 0 Å². The van der Waals surface area contributed by atoms with Crippen LogP contribution in [0.1, 0.15) is 29.9 Å². The number of aromatic nitrogens is 1. The molecular formula is C27H27N3O3. The third-order valence-corrected chi connectivity index (χ3v) is 7.35. The first-order valence-electron chi connectivity index (χ1n) is 11.4. The maximum atomic E-state index is 13.4. The van der Waals surface area contributed by atoms with E-state index in [4.69, 9.17) is 0 Å². The molecular weight excluding hydrogens is 414 g/mol. The highest BCUT2D eigenvalue weighted by molar-refractivity contribution is 5.99. The fourth-order valence-electron chi connectivity index (χ4n) is 5.40. The van der Waals surface area contributed by atoms with Gasteiger partial charge >= 0.3 is 0 Å². The number of likely N-dealkylation sites (tertiary alicyclic amines) is 1. The number of carbonyl (C=O) groups excluding carboxylic acids is 3. The Kier molecular flexibility index (Phi) is 5.23. The largest absolute Gasteiger partial charge is 0.344 e. The van der Waals surface area contributed by atoms with Crippen molar-refractivity contribution in [2.45, 2.75) is 32.4 Å². The first-order chi connectivity index (χ1) is 15.9. The molecule has 6 heteroatoms. The number of carbonyl (C=O) groups is 3. The van der Waals surface area contributed by atoms with Crippen molar-refractivity contribution in [1.29, 1.82) is 0 Å². The van der Waals surface area contributed by atoms with Gasteiger partial charge in [0.25, 0.3) is 5.91 Å². The Morgan fingerprint density at radius 2 is 1.82 bits per heavy atom. The van der Waals surface area contributed by atoms with Crippen LogP contribution < -0.4 is 5.32 Å². The zero-order chi connectivity index (χ0) is 23.2. The van der Waals surface area contributed by atoms with Gasteiger partial charge in [0.1, 0.15) is 18.0 Å². The average Bonchev–Trinajstić information content (AvgIpc) is 3.17. The van der Waals surface area contributed by atoms with Crippen LogP contribution in [0, 0.1) is 17.3 Å². The molecule has 4 atom stereocenters. The smallest absolute Gasteiger partial charge is 0.273 e. The van der Waals surface area contributed by atoms with E-state index < -0.39 is 12.1 Å². The predicted molar refractivity (Wildman–Crippen MR) is 125 cm³/mol. The third-order valence-electron chi connectivity index (χ3n) is 7.35. The van der Waals surface area contributed by atoms with Gasteiger partial charge in [-0.15, -0.1) is 0 Å². The number of amides is 2. The molecule has 2 aromatic carbocycles. The van der Waals surface area contributed by atoms with Gasteiger partial charge in [-0.3, -0.25) is 9.59 Å². The van der Waals surface area contributed by atoms with E-state index in [1.165, 1.54) is 0 Å². The van der Waals surface area contributed by atoms with Gasteiger partial charge in [0, 0.05) is 11.9 Å². The number of hydrogen-bond acceptors (Lipinski definition) is 4. The first kappa shape index (κ1) is 21.3. The van der Waals surface area contributed by atoms with Crippen molar-refractivity contribution in [3.63, 3.8) is 0 Å². The Labute approximate surface area is 193 Å². The number of rotatable bonds is 6. The van der Waals surface area contributed by atoms with E-state index in [-0.39, 0.29) is 29.1 Å². The summed E-state index contributed by atoms with van der Waals surface area (Å²) in [5.41, 5.74) is 2.05.